The van der Waals surface area contributed by atoms with Gasteiger partial charge in [-0.05, 0) is 18.4 Å². The van der Waals surface area contributed by atoms with Crippen LogP contribution in [0, 0.1) is 5.92 Å². The van der Waals surface area contributed by atoms with Crippen LogP contribution in [0.1, 0.15) is 43.7 Å². The summed E-state index contributed by atoms with van der Waals surface area (Å²) in [5, 5.41) is 3.68. The van der Waals surface area contributed by atoms with Gasteiger partial charge >= 0.3 is 0 Å². The number of piperidine rings is 1. The molecule has 2 nitrogen and oxygen atoms in total. The molecule has 0 amide bonds. The smallest absolute Gasteiger partial charge is 0.139 e. The minimum atomic E-state index is 0.239. The number of benzene rings is 1. The molecule has 1 aliphatic heterocycles. The van der Waals surface area contributed by atoms with Gasteiger partial charge in [0.05, 0.1) is 0 Å². The van der Waals surface area contributed by atoms with Crippen LogP contribution in [0.15, 0.2) is 30.3 Å². The largest absolute Gasteiger partial charge is 0.306 e. The number of fused-ring (bicyclic) bond motifs is 1. The van der Waals surface area contributed by atoms with Gasteiger partial charge in [0.25, 0.3) is 0 Å². The molecule has 0 unspecified atom stereocenters. The Kier molecular flexibility index (Phi) is 2.98. The first kappa shape index (κ1) is 11.0. The third kappa shape index (κ3) is 2.14. The van der Waals surface area contributed by atoms with E-state index in [1.807, 2.05) is 6.07 Å². The molecule has 1 N–H and O–H groups in total. The fourth-order valence-corrected chi connectivity index (χ4v) is 3.29. The molecule has 3 rings (SSSR count). The summed E-state index contributed by atoms with van der Waals surface area (Å²) in [7, 11) is 0. The van der Waals surface area contributed by atoms with Gasteiger partial charge in [-0.25, -0.2) is 0 Å². The first-order valence-electron chi connectivity index (χ1n) is 6.68. The van der Waals surface area contributed by atoms with Gasteiger partial charge in [-0.15, -0.1) is 0 Å². The number of carbonyl (C=O) groups excluding carboxylic acids is 1. The Hall–Kier alpha value is -1.15. The zero-order chi connectivity index (χ0) is 11.7. The highest BCUT2D eigenvalue weighted by molar-refractivity contribution is 5.83. The minimum Gasteiger partial charge on any atom is -0.306 e. The van der Waals surface area contributed by atoms with E-state index >= 15 is 0 Å². The van der Waals surface area contributed by atoms with E-state index in [1.165, 1.54) is 24.8 Å². The predicted molar refractivity (Wildman–Crippen MR) is 67.7 cm³/mol. The van der Waals surface area contributed by atoms with Crippen molar-refractivity contribution in [2.24, 2.45) is 5.92 Å². The average molecular weight is 229 g/mol. The van der Waals surface area contributed by atoms with E-state index in [9.17, 15) is 4.79 Å². The Morgan fingerprint density at radius 1 is 1.06 bits per heavy atom. The number of hydrogen-bond acceptors (Lipinski definition) is 2. The normalized spacial score (nSPS) is 33.2. The quantitative estimate of drug-likeness (QED) is 0.802. The van der Waals surface area contributed by atoms with Crippen LogP contribution in [0.3, 0.4) is 0 Å². The summed E-state index contributed by atoms with van der Waals surface area (Å²) < 4.78 is 0. The highest BCUT2D eigenvalue weighted by Crippen LogP contribution is 2.34. The van der Waals surface area contributed by atoms with Gasteiger partial charge in [-0.1, -0.05) is 43.2 Å². The fourth-order valence-electron chi connectivity index (χ4n) is 3.29. The number of Topliss-reactive ketones (excluding diaryl/α,β-unsaturated/α-hetero) is 1. The maximum atomic E-state index is 12.2. The van der Waals surface area contributed by atoms with Crippen molar-refractivity contribution in [3.8, 4) is 0 Å². The van der Waals surface area contributed by atoms with E-state index in [1.54, 1.807) is 0 Å². The van der Waals surface area contributed by atoms with Crippen molar-refractivity contribution in [2.75, 3.05) is 0 Å². The molecule has 2 fully saturated rings. The van der Waals surface area contributed by atoms with E-state index in [2.05, 4.69) is 29.6 Å². The van der Waals surface area contributed by atoms with Crippen molar-refractivity contribution in [3.05, 3.63) is 35.9 Å². The monoisotopic (exact) mass is 229 g/mol. The Morgan fingerprint density at radius 2 is 1.82 bits per heavy atom. The summed E-state index contributed by atoms with van der Waals surface area (Å²) in [6.07, 6.45) is 5.43. The van der Waals surface area contributed by atoms with Gasteiger partial charge < -0.3 is 5.32 Å². The Balaban J connectivity index is 1.79. The topological polar surface area (TPSA) is 29.1 Å². The van der Waals surface area contributed by atoms with Crippen molar-refractivity contribution in [1.29, 1.82) is 0 Å². The van der Waals surface area contributed by atoms with Crippen molar-refractivity contribution in [2.45, 2.75) is 44.2 Å². The number of hydrogen-bond donors (Lipinski definition) is 1. The first-order chi connectivity index (χ1) is 8.34. The number of ketones is 1. The molecule has 3 atom stereocenters. The Labute approximate surface area is 102 Å². The van der Waals surface area contributed by atoms with E-state index in [4.69, 9.17) is 0 Å². The molecule has 0 spiro atoms. The van der Waals surface area contributed by atoms with Crippen LogP contribution in [0.25, 0.3) is 0 Å². The van der Waals surface area contributed by atoms with E-state index in [0.29, 0.717) is 24.2 Å². The number of rotatable bonds is 1. The van der Waals surface area contributed by atoms with Crippen molar-refractivity contribution in [3.63, 3.8) is 0 Å². The molecule has 1 aliphatic carbocycles. The third-order valence-corrected chi connectivity index (χ3v) is 4.20. The second-order valence-corrected chi connectivity index (χ2v) is 5.30. The molecule has 2 aliphatic rings. The lowest BCUT2D eigenvalue weighted by molar-refractivity contribution is -0.127. The van der Waals surface area contributed by atoms with Crippen LogP contribution in [0.5, 0.6) is 0 Å². The molecule has 0 radical (unpaired) electrons. The molecule has 1 saturated heterocycles. The van der Waals surface area contributed by atoms with E-state index in [0.717, 1.165) is 6.42 Å². The van der Waals surface area contributed by atoms with Crippen molar-refractivity contribution >= 4 is 5.78 Å². The predicted octanol–water partition coefficient (Wildman–Crippen LogP) is 2.85. The Morgan fingerprint density at radius 3 is 2.65 bits per heavy atom. The lowest BCUT2D eigenvalue weighted by Gasteiger charge is -2.39. The van der Waals surface area contributed by atoms with Crippen LogP contribution in [-0.2, 0) is 4.79 Å². The van der Waals surface area contributed by atoms with Gasteiger partial charge in [0, 0.05) is 24.4 Å². The third-order valence-electron chi connectivity index (χ3n) is 4.20. The minimum absolute atomic E-state index is 0.239. The summed E-state index contributed by atoms with van der Waals surface area (Å²) in [4.78, 5) is 12.2. The SMILES string of the molecule is O=C1C[C@@H](c2ccccc2)N[C@H]2CCCC[C@@H]12. The number of carbonyl (C=O) groups is 1. The second-order valence-electron chi connectivity index (χ2n) is 5.30. The average Bonchev–Trinajstić information content (AvgIpc) is 2.40. The fraction of sp³-hybridized carbons (Fsp3) is 0.533. The maximum Gasteiger partial charge on any atom is 0.139 e. The lowest BCUT2D eigenvalue weighted by atomic mass is 9.76. The molecule has 2 heteroatoms. The summed E-state index contributed by atoms with van der Waals surface area (Å²) in [6, 6.07) is 11.0. The number of nitrogens with one attached hydrogen (secondary N) is 1. The second kappa shape index (κ2) is 4.61. The lowest BCUT2D eigenvalue weighted by Crippen LogP contribution is -2.49. The van der Waals surface area contributed by atoms with Gasteiger partial charge in [0.2, 0.25) is 0 Å². The van der Waals surface area contributed by atoms with Gasteiger partial charge in [-0.3, -0.25) is 4.79 Å². The molecule has 90 valence electrons. The van der Waals surface area contributed by atoms with E-state index < -0.39 is 0 Å². The van der Waals surface area contributed by atoms with Gasteiger partial charge in [0.15, 0.2) is 0 Å². The summed E-state index contributed by atoms with van der Waals surface area (Å²) >= 11 is 0. The highest BCUT2D eigenvalue weighted by atomic mass is 16.1. The molecule has 0 bridgehead atoms. The van der Waals surface area contributed by atoms with Crippen LogP contribution < -0.4 is 5.32 Å². The molecule has 0 aromatic heterocycles. The van der Waals surface area contributed by atoms with Crippen LogP contribution in [0.2, 0.25) is 0 Å². The Bertz CT molecular complexity index is 401. The molecule has 1 heterocycles. The van der Waals surface area contributed by atoms with Crippen molar-refractivity contribution in [1.82, 2.24) is 5.32 Å². The molecule has 17 heavy (non-hydrogen) atoms. The van der Waals surface area contributed by atoms with Crippen LogP contribution >= 0.6 is 0 Å². The molecular formula is C15H19NO. The molecular weight excluding hydrogens is 210 g/mol. The van der Waals surface area contributed by atoms with Crippen LogP contribution in [0.4, 0.5) is 0 Å². The highest BCUT2D eigenvalue weighted by Gasteiger charge is 2.37. The maximum absolute atomic E-state index is 12.2. The first-order valence-corrected chi connectivity index (χ1v) is 6.68. The van der Waals surface area contributed by atoms with Crippen LogP contribution in [-0.4, -0.2) is 11.8 Å². The standard InChI is InChI=1S/C15H19NO/c17-15-10-14(11-6-2-1-3-7-11)16-13-9-5-4-8-12(13)15/h1-3,6-7,12-14,16H,4-5,8-10H2/t12-,13+,14+/m1/s1. The van der Waals surface area contributed by atoms with Crippen molar-refractivity contribution < 1.29 is 4.79 Å². The zero-order valence-electron chi connectivity index (χ0n) is 10.1. The molecule has 1 aromatic carbocycles. The van der Waals surface area contributed by atoms with E-state index in [-0.39, 0.29) is 6.04 Å². The van der Waals surface area contributed by atoms with Gasteiger partial charge in [-0.2, -0.15) is 0 Å². The zero-order valence-corrected chi connectivity index (χ0v) is 10.1. The molecule has 1 aromatic rings. The summed E-state index contributed by atoms with van der Waals surface area (Å²) in [6.45, 7) is 0. The molecule has 1 saturated carbocycles. The summed E-state index contributed by atoms with van der Waals surface area (Å²) in [5.74, 6) is 0.769. The summed E-state index contributed by atoms with van der Waals surface area (Å²) in [5.41, 5.74) is 1.25. The van der Waals surface area contributed by atoms with Gasteiger partial charge in [0.1, 0.15) is 5.78 Å².